The van der Waals surface area contributed by atoms with E-state index in [1.54, 1.807) is 23.1 Å². The summed E-state index contributed by atoms with van der Waals surface area (Å²) in [4.78, 5) is 30.4. The maximum Gasteiger partial charge on any atom is 0.321 e. The van der Waals surface area contributed by atoms with Crippen LogP contribution in [0.2, 0.25) is 0 Å². The van der Waals surface area contributed by atoms with Crippen molar-refractivity contribution >= 4 is 17.6 Å². The van der Waals surface area contributed by atoms with E-state index in [0.717, 1.165) is 5.56 Å². The zero-order valence-electron chi connectivity index (χ0n) is 20.2. The van der Waals surface area contributed by atoms with Crippen molar-refractivity contribution < 1.29 is 28.6 Å². The van der Waals surface area contributed by atoms with Gasteiger partial charge < -0.3 is 30.1 Å². The Bertz CT molecular complexity index is 1200. The smallest absolute Gasteiger partial charge is 0.321 e. The minimum Gasteiger partial charge on any atom is -0.490 e. The predicted octanol–water partition coefficient (Wildman–Crippen LogP) is 3.60. The molecule has 1 aromatic heterocycles. The van der Waals surface area contributed by atoms with Crippen LogP contribution in [0.15, 0.2) is 67.0 Å². The Hall–Kier alpha value is -4.18. The summed E-state index contributed by atoms with van der Waals surface area (Å²) in [6, 6.07) is 14.8. The number of pyridine rings is 1. The summed E-state index contributed by atoms with van der Waals surface area (Å²) in [5.74, 6) is 0.705. The fraction of sp³-hybridized carbons (Fsp3) is 0.296. The van der Waals surface area contributed by atoms with E-state index in [-0.39, 0.29) is 43.6 Å². The van der Waals surface area contributed by atoms with Crippen LogP contribution < -0.4 is 20.1 Å². The molecule has 9 nitrogen and oxygen atoms in total. The molecule has 2 aromatic carbocycles. The quantitative estimate of drug-likeness (QED) is 0.407. The first-order valence-corrected chi connectivity index (χ1v) is 12.0. The average Bonchev–Trinajstić information content (AvgIpc) is 2.92. The van der Waals surface area contributed by atoms with E-state index in [4.69, 9.17) is 14.6 Å². The molecule has 1 saturated heterocycles. The summed E-state index contributed by atoms with van der Waals surface area (Å²) in [7, 11) is 0. The average molecular weight is 509 g/mol. The molecule has 0 aliphatic carbocycles. The molecule has 2 heterocycles. The van der Waals surface area contributed by atoms with Gasteiger partial charge in [0.2, 0.25) is 0 Å². The summed E-state index contributed by atoms with van der Waals surface area (Å²) < 4.78 is 25.1. The van der Waals surface area contributed by atoms with Gasteiger partial charge in [-0.2, -0.15) is 0 Å². The van der Waals surface area contributed by atoms with Crippen molar-refractivity contribution in [3.05, 3.63) is 83.9 Å². The van der Waals surface area contributed by atoms with Crippen LogP contribution in [0.5, 0.6) is 11.5 Å². The Balaban J connectivity index is 1.21. The highest BCUT2D eigenvalue weighted by Gasteiger charge is 2.24. The van der Waals surface area contributed by atoms with Crippen molar-refractivity contribution in [2.45, 2.75) is 25.6 Å². The molecule has 0 spiro atoms. The topological polar surface area (TPSA) is 113 Å². The molecule has 4 rings (SSSR count). The monoisotopic (exact) mass is 508 g/mol. The van der Waals surface area contributed by atoms with Crippen molar-refractivity contribution in [3.8, 4) is 11.5 Å². The number of nitrogens with one attached hydrogen (secondary N) is 2. The molecule has 0 radical (unpaired) electrons. The molecular weight excluding hydrogens is 479 g/mol. The lowest BCUT2D eigenvalue weighted by atomic mass is 10.1. The van der Waals surface area contributed by atoms with Crippen LogP contribution in [0, 0.1) is 5.82 Å². The van der Waals surface area contributed by atoms with E-state index in [1.165, 1.54) is 24.5 Å². The van der Waals surface area contributed by atoms with Crippen molar-refractivity contribution in [1.29, 1.82) is 0 Å². The molecule has 10 heteroatoms. The number of piperidine rings is 1. The van der Waals surface area contributed by atoms with E-state index >= 15 is 0 Å². The first kappa shape index (κ1) is 25.9. The third kappa shape index (κ3) is 7.65. The normalized spacial score (nSPS) is 13.6. The summed E-state index contributed by atoms with van der Waals surface area (Å²) >= 11 is 0. The van der Waals surface area contributed by atoms with Gasteiger partial charge in [0.15, 0.2) is 0 Å². The van der Waals surface area contributed by atoms with Gasteiger partial charge in [-0.25, -0.2) is 9.18 Å². The largest absolute Gasteiger partial charge is 0.490 e. The van der Waals surface area contributed by atoms with E-state index in [0.29, 0.717) is 48.7 Å². The van der Waals surface area contributed by atoms with Crippen LogP contribution in [-0.2, 0) is 6.61 Å². The van der Waals surface area contributed by atoms with Gasteiger partial charge in [-0.1, -0.05) is 12.1 Å². The Morgan fingerprint density at radius 1 is 1.05 bits per heavy atom. The molecule has 3 N–H and O–H groups in total. The summed E-state index contributed by atoms with van der Waals surface area (Å²) in [5, 5.41) is 14.2. The van der Waals surface area contributed by atoms with E-state index in [9.17, 15) is 14.0 Å². The third-order valence-electron chi connectivity index (χ3n) is 5.80. The second-order valence-corrected chi connectivity index (χ2v) is 8.57. The van der Waals surface area contributed by atoms with Crippen molar-refractivity contribution in [2.24, 2.45) is 0 Å². The van der Waals surface area contributed by atoms with Crippen molar-refractivity contribution in [1.82, 2.24) is 15.2 Å². The number of rotatable bonds is 9. The van der Waals surface area contributed by atoms with Gasteiger partial charge in [-0.05, 0) is 48.0 Å². The summed E-state index contributed by atoms with van der Waals surface area (Å²) in [5.41, 5.74) is 1.46. The maximum atomic E-state index is 13.3. The number of aliphatic hydroxyl groups is 1. The van der Waals surface area contributed by atoms with Gasteiger partial charge in [0.05, 0.1) is 24.1 Å². The van der Waals surface area contributed by atoms with Crippen LogP contribution in [0.25, 0.3) is 0 Å². The zero-order valence-corrected chi connectivity index (χ0v) is 20.2. The minimum atomic E-state index is -0.373. The van der Waals surface area contributed by atoms with Gasteiger partial charge >= 0.3 is 6.03 Å². The van der Waals surface area contributed by atoms with E-state index in [1.807, 2.05) is 24.3 Å². The van der Waals surface area contributed by atoms with Gasteiger partial charge in [-0.15, -0.1) is 0 Å². The second kappa shape index (κ2) is 12.7. The number of hydrogen-bond acceptors (Lipinski definition) is 6. The first-order chi connectivity index (χ1) is 18.0. The molecule has 1 aliphatic heterocycles. The number of carbonyl (C=O) groups is 2. The number of benzene rings is 2. The number of hydrogen-bond donors (Lipinski definition) is 3. The number of aliphatic hydroxyl groups excluding tert-OH is 1. The molecule has 0 bridgehead atoms. The Kier molecular flexibility index (Phi) is 8.88. The Morgan fingerprint density at radius 2 is 1.81 bits per heavy atom. The first-order valence-electron chi connectivity index (χ1n) is 12.0. The highest BCUT2D eigenvalue weighted by molar-refractivity contribution is 5.96. The van der Waals surface area contributed by atoms with E-state index in [2.05, 4.69) is 15.6 Å². The number of aromatic nitrogens is 1. The molecule has 0 atom stereocenters. The summed E-state index contributed by atoms with van der Waals surface area (Å²) in [6.07, 6.45) is 4.19. The molecular formula is C27H29FN4O5. The molecule has 1 aliphatic rings. The Labute approximate surface area is 214 Å². The van der Waals surface area contributed by atoms with Crippen molar-refractivity contribution in [3.63, 3.8) is 0 Å². The lowest BCUT2D eigenvalue weighted by molar-refractivity contribution is 0.0944. The number of amides is 3. The molecule has 194 valence electrons. The number of ether oxygens (including phenoxy) is 2. The van der Waals surface area contributed by atoms with Crippen LogP contribution in [0.4, 0.5) is 14.9 Å². The molecule has 1 fully saturated rings. The van der Waals surface area contributed by atoms with Crippen LogP contribution in [-0.4, -0.2) is 59.3 Å². The number of urea groups is 1. The molecule has 3 amide bonds. The maximum absolute atomic E-state index is 13.3. The highest BCUT2D eigenvalue weighted by Crippen LogP contribution is 2.23. The molecule has 0 saturated carbocycles. The summed E-state index contributed by atoms with van der Waals surface area (Å²) in [6.45, 7) is 1.30. The lowest BCUT2D eigenvalue weighted by Crippen LogP contribution is -2.43. The number of likely N-dealkylation sites (tertiary alicyclic amines) is 1. The van der Waals surface area contributed by atoms with E-state index < -0.39 is 0 Å². The SMILES string of the molecule is O=C(NCCO)c1cncc(NC(=O)N2CCC(Oc3ccc(OCc4cccc(F)c4)cc3)CC2)c1. The number of carbonyl (C=O) groups excluding carboxylic acids is 2. The van der Waals surface area contributed by atoms with Gasteiger partial charge in [0, 0.05) is 38.7 Å². The van der Waals surface area contributed by atoms with Gasteiger partial charge in [0.1, 0.15) is 30.0 Å². The fourth-order valence-corrected chi connectivity index (χ4v) is 3.88. The lowest BCUT2D eigenvalue weighted by Gasteiger charge is -2.32. The van der Waals surface area contributed by atoms with Crippen LogP contribution >= 0.6 is 0 Å². The van der Waals surface area contributed by atoms with Crippen molar-refractivity contribution in [2.75, 3.05) is 31.6 Å². The van der Waals surface area contributed by atoms with Crippen LogP contribution in [0.1, 0.15) is 28.8 Å². The number of anilines is 1. The molecule has 3 aromatic rings. The molecule has 37 heavy (non-hydrogen) atoms. The fourth-order valence-electron chi connectivity index (χ4n) is 3.88. The zero-order chi connectivity index (χ0) is 26.0. The highest BCUT2D eigenvalue weighted by atomic mass is 19.1. The predicted molar refractivity (Wildman–Crippen MR) is 135 cm³/mol. The minimum absolute atomic E-state index is 0.0247. The van der Waals surface area contributed by atoms with Crippen LogP contribution in [0.3, 0.4) is 0 Å². The standard InChI is InChI=1S/C27H29FN4O5/c28-21-3-1-2-19(14-21)18-36-23-4-6-24(7-5-23)37-25-8-11-32(12-9-25)27(35)31-22-15-20(16-29-17-22)26(34)30-10-13-33/h1-7,14-17,25,33H,8-13,18H2,(H,30,34)(H,31,35). The second-order valence-electron chi connectivity index (χ2n) is 8.57. The Morgan fingerprint density at radius 3 is 2.54 bits per heavy atom. The van der Waals surface area contributed by atoms with Gasteiger partial charge in [-0.3, -0.25) is 9.78 Å². The third-order valence-corrected chi connectivity index (χ3v) is 5.80. The number of nitrogens with zero attached hydrogens (tertiary/aromatic N) is 2. The molecule has 0 unspecified atom stereocenters. The van der Waals surface area contributed by atoms with Gasteiger partial charge in [0.25, 0.3) is 5.91 Å². The number of halogens is 1.